The Balaban J connectivity index is 2.26. The molecule has 1 aliphatic carbocycles. The van der Waals surface area contributed by atoms with E-state index in [2.05, 4.69) is 0 Å². The van der Waals surface area contributed by atoms with E-state index in [1.807, 2.05) is 19.1 Å². The first-order valence-electron chi connectivity index (χ1n) is 6.00. The van der Waals surface area contributed by atoms with Crippen molar-refractivity contribution in [2.75, 3.05) is 7.11 Å². The molecule has 0 bridgehead atoms. The number of ether oxygens (including phenoxy) is 1. The third kappa shape index (κ3) is 2.60. The summed E-state index contributed by atoms with van der Waals surface area (Å²) in [4.78, 5) is 11.7. The molecule has 3 heteroatoms. The van der Waals surface area contributed by atoms with Crippen molar-refractivity contribution in [3.05, 3.63) is 29.8 Å². The highest BCUT2D eigenvalue weighted by atomic mass is 16.5. The van der Waals surface area contributed by atoms with E-state index in [4.69, 9.17) is 4.74 Å². The summed E-state index contributed by atoms with van der Waals surface area (Å²) in [5.41, 5.74) is 1.03. The number of methoxy groups -OCH3 is 1. The molecule has 1 fully saturated rings. The summed E-state index contributed by atoms with van der Waals surface area (Å²) in [5.74, 6) is 0.630. The monoisotopic (exact) mass is 234 g/mol. The van der Waals surface area contributed by atoms with Gasteiger partial charge < -0.3 is 9.84 Å². The molecule has 0 unspecified atom stereocenters. The second kappa shape index (κ2) is 4.78. The zero-order valence-corrected chi connectivity index (χ0v) is 10.2. The van der Waals surface area contributed by atoms with Crippen LogP contribution in [0.5, 0.6) is 5.75 Å². The number of phenolic OH excluding ortho intramolecular Hbond substituents is 1. The zero-order chi connectivity index (χ0) is 12.4. The summed E-state index contributed by atoms with van der Waals surface area (Å²) < 4.78 is 4.82. The van der Waals surface area contributed by atoms with Crippen molar-refractivity contribution in [1.29, 1.82) is 0 Å². The Hall–Kier alpha value is -1.51. The van der Waals surface area contributed by atoms with E-state index in [1.54, 1.807) is 12.1 Å². The predicted octanol–water partition coefficient (Wildman–Crippen LogP) is 2.69. The molecule has 0 spiro atoms. The minimum absolute atomic E-state index is 0.158. The maximum absolute atomic E-state index is 11.7. The molecule has 2 rings (SSSR count). The molecule has 0 aliphatic heterocycles. The fourth-order valence-electron chi connectivity index (χ4n) is 2.49. The van der Waals surface area contributed by atoms with Crippen LogP contribution in [0, 0.1) is 11.8 Å². The number of carbonyl (C=O) groups is 1. The van der Waals surface area contributed by atoms with E-state index < -0.39 is 0 Å². The highest BCUT2D eigenvalue weighted by Crippen LogP contribution is 2.47. The van der Waals surface area contributed by atoms with Crippen LogP contribution < -0.4 is 0 Å². The predicted molar refractivity (Wildman–Crippen MR) is 64.8 cm³/mol. The largest absolute Gasteiger partial charge is 0.508 e. The van der Waals surface area contributed by atoms with Crippen LogP contribution in [0.15, 0.2) is 24.3 Å². The highest BCUT2D eigenvalue weighted by molar-refractivity contribution is 5.73. The molecule has 2 atom stereocenters. The summed E-state index contributed by atoms with van der Waals surface area (Å²) in [6, 6.07) is 7.20. The van der Waals surface area contributed by atoms with E-state index in [9.17, 15) is 9.90 Å². The summed E-state index contributed by atoms with van der Waals surface area (Å²) in [6.07, 6.45) is 2.31. The van der Waals surface area contributed by atoms with Crippen LogP contribution >= 0.6 is 0 Å². The van der Waals surface area contributed by atoms with Crippen molar-refractivity contribution in [2.45, 2.75) is 25.7 Å². The van der Waals surface area contributed by atoms with Gasteiger partial charge in [-0.15, -0.1) is 0 Å². The van der Waals surface area contributed by atoms with Crippen LogP contribution in [-0.4, -0.2) is 18.2 Å². The molecule has 1 aliphatic rings. The number of benzene rings is 1. The van der Waals surface area contributed by atoms with Crippen molar-refractivity contribution in [1.82, 2.24) is 0 Å². The maximum atomic E-state index is 11.7. The molecule has 17 heavy (non-hydrogen) atoms. The molecule has 0 aromatic heterocycles. The first-order chi connectivity index (χ1) is 8.13. The number of hydrogen-bond donors (Lipinski definition) is 1. The maximum Gasteiger partial charge on any atom is 0.309 e. The van der Waals surface area contributed by atoms with Gasteiger partial charge in [-0.25, -0.2) is 0 Å². The molecule has 0 amide bonds. The van der Waals surface area contributed by atoms with Gasteiger partial charge in [0.25, 0.3) is 0 Å². The Morgan fingerprint density at radius 1 is 1.47 bits per heavy atom. The van der Waals surface area contributed by atoms with E-state index in [-0.39, 0.29) is 23.6 Å². The fraction of sp³-hybridized carbons (Fsp3) is 0.500. The lowest BCUT2D eigenvalue weighted by Gasteiger charge is -2.22. The number of hydrogen-bond acceptors (Lipinski definition) is 3. The lowest BCUT2D eigenvalue weighted by atomic mass is 9.83. The summed E-state index contributed by atoms with van der Waals surface area (Å²) in [7, 11) is 1.42. The number of carbonyl (C=O) groups excluding carboxylic acids is 1. The quantitative estimate of drug-likeness (QED) is 0.815. The van der Waals surface area contributed by atoms with Crippen molar-refractivity contribution < 1.29 is 14.6 Å². The van der Waals surface area contributed by atoms with Crippen LogP contribution in [-0.2, 0) is 9.53 Å². The molecule has 1 aromatic rings. The fourth-order valence-corrected chi connectivity index (χ4v) is 2.49. The average Bonchev–Trinajstić information content (AvgIpc) is 3.12. The van der Waals surface area contributed by atoms with Gasteiger partial charge >= 0.3 is 5.97 Å². The standard InChI is InChI=1S/C14H18O3/c1-9(14(16)17-2)13(10-6-7-10)11-4-3-5-12(15)8-11/h3-5,8-10,13,15H,6-7H2,1-2H3/t9-,13+/m1/s1. The van der Waals surface area contributed by atoms with Gasteiger partial charge in [-0.2, -0.15) is 0 Å². The van der Waals surface area contributed by atoms with Crippen LogP contribution in [0.1, 0.15) is 31.2 Å². The Morgan fingerprint density at radius 2 is 2.18 bits per heavy atom. The first kappa shape index (κ1) is 12.0. The minimum atomic E-state index is -0.176. The third-order valence-corrected chi connectivity index (χ3v) is 3.50. The van der Waals surface area contributed by atoms with Gasteiger partial charge in [0.2, 0.25) is 0 Å². The van der Waals surface area contributed by atoms with E-state index >= 15 is 0 Å². The van der Waals surface area contributed by atoms with Gasteiger partial charge in [-0.3, -0.25) is 4.79 Å². The number of rotatable bonds is 4. The van der Waals surface area contributed by atoms with E-state index in [1.165, 1.54) is 7.11 Å². The second-order valence-corrected chi connectivity index (χ2v) is 4.77. The summed E-state index contributed by atoms with van der Waals surface area (Å²) >= 11 is 0. The number of esters is 1. The zero-order valence-electron chi connectivity index (χ0n) is 10.2. The van der Waals surface area contributed by atoms with E-state index in [0.29, 0.717) is 5.92 Å². The number of aromatic hydroxyl groups is 1. The highest BCUT2D eigenvalue weighted by Gasteiger charge is 2.39. The van der Waals surface area contributed by atoms with Crippen molar-refractivity contribution in [3.63, 3.8) is 0 Å². The Bertz CT molecular complexity index is 410. The Kier molecular flexibility index (Phi) is 3.36. The van der Waals surface area contributed by atoms with Crippen LogP contribution in [0.25, 0.3) is 0 Å². The van der Waals surface area contributed by atoms with Gasteiger partial charge in [0, 0.05) is 0 Å². The van der Waals surface area contributed by atoms with Crippen LogP contribution in [0.4, 0.5) is 0 Å². The first-order valence-corrected chi connectivity index (χ1v) is 6.00. The summed E-state index contributed by atoms with van der Waals surface area (Å²) in [5, 5.41) is 9.53. The molecular weight excluding hydrogens is 216 g/mol. The van der Waals surface area contributed by atoms with Crippen LogP contribution in [0.2, 0.25) is 0 Å². The second-order valence-electron chi connectivity index (χ2n) is 4.77. The molecule has 1 saturated carbocycles. The lowest BCUT2D eigenvalue weighted by Crippen LogP contribution is -2.22. The average molecular weight is 234 g/mol. The van der Waals surface area contributed by atoms with Gasteiger partial charge in [-0.05, 0) is 42.4 Å². The van der Waals surface area contributed by atoms with Gasteiger partial charge in [0.1, 0.15) is 5.75 Å². The van der Waals surface area contributed by atoms with Gasteiger partial charge in [-0.1, -0.05) is 19.1 Å². The topological polar surface area (TPSA) is 46.5 Å². The molecule has 0 radical (unpaired) electrons. The molecule has 0 heterocycles. The molecule has 0 saturated heterocycles. The molecule has 92 valence electrons. The Morgan fingerprint density at radius 3 is 2.71 bits per heavy atom. The van der Waals surface area contributed by atoms with Gasteiger partial charge in [0.15, 0.2) is 0 Å². The SMILES string of the molecule is COC(=O)[C@H](C)[C@H](c1cccc(O)c1)C1CC1. The van der Waals surface area contributed by atoms with Crippen molar-refractivity contribution in [3.8, 4) is 5.75 Å². The number of phenols is 1. The Labute approximate surface area is 101 Å². The minimum Gasteiger partial charge on any atom is -0.508 e. The van der Waals surface area contributed by atoms with Crippen LogP contribution in [0.3, 0.4) is 0 Å². The molecule has 1 N–H and O–H groups in total. The molecule has 1 aromatic carbocycles. The van der Waals surface area contributed by atoms with Crippen molar-refractivity contribution >= 4 is 5.97 Å². The molecule has 3 nitrogen and oxygen atoms in total. The van der Waals surface area contributed by atoms with Crippen molar-refractivity contribution in [2.24, 2.45) is 11.8 Å². The summed E-state index contributed by atoms with van der Waals surface area (Å²) in [6.45, 7) is 1.90. The molecular formula is C14H18O3. The normalized spacial score (nSPS) is 18.5. The third-order valence-electron chi connectivity index (χ3n) is 3.50. The van der Waals surface area contributed by atoms with E-state index in [0.717, 1.165) is 18.4 Å². The van der Waals surface area contributed by atoms with Gasteiger partial charge in [0.05, 0.1) is 13.0 Å². The smallest absolute Gasteiger partial charge is 0.309 e. The lowest BCUT2D eigenvalue weighted by molar-refractivity contribution is -0.145.